The number of unbranched alkanes of at least 4 members (excludes halogenated alkanes) is 1. The third kappa shape index (κ3) is 5.15. The fourth-order valence-electron chi connectivity index (χ4n) is 1.29. The van der Waals surface area contributed by atoms with Crippen molar-refractivity contribution < 1.29 is 4.79 Å². The van der Waals surface area contributed by atoms with Gasteiger partial charge in [0.2, 0.25) is 5.91 Å². The zero-order chi connectivity index (χ0) is 11.6. The maximum atomic E-state index is 10.8. The summed E-state index contributed by atoms with van der Waals surface area (Å²) < 4.78 is 0. The van der Waals surface area contributed by atoms with Gasteiger partial charge in [0.1, 0.15) is 0 Å². The summed E-state index contributed by atoms with van der Waals surface area (Å²) >= 11 is 0. The predicted molar refractivity (Wildman–Crippen MR) is 67.9 cm³/mol. The minimum atomic E-state index is -0.105. The summed E-state index contributed by atoms with van der Waals surface area (Å²) in [6.45, 7) is 4.09. The van der Waals surface area contributed by atoms with Crippen molar-refractivity contribution in [2.24, 2.45) is 0 Å². The van der Waals surface area contributed by atoms with Crippen LogP contribution in [0.15, 0.2) is 49.1 Å². The normalized spacial score (nSPS) is 10.2. The Labute approximate surface area is 96.7 Å². The van der Waals surface area contributed by atoms with Gasteiger partial charge in [-0.3, -0.25) is 4.79 Å². The van der Waals surface area contributed by atoms with Gasteiger partial charge in [-0.15, -0.1) is 0 Å². The molecule has 0 aliphatic heterocycles. The molecule has 0 atom stereocenters. The Balaban J connectivity index is 2.14. The van der Waals surface area contributed by atoms with Crippen LogP contribution in [-0.2, 0) is 4.79 Å². The van der Waals surface area contributed by atoms with Gasteiger partial charge in [-0.05, 0) is 24.5 Å². The molecule has 0 bridgehead atoms. The molecule has 16 heavy (non-hydrogen) atoms. The molecule has 2 heteroatoms. The van der Waals surface area contributed by atoms with Crippen molar-refractivity contribution >= 4 is 12.0 Å². The van der Waals surface area contributed by atoms with Crippen molar-refractivity contribution in [3.05, 3.63) is 54.6 Å². The molecule has 0 spiro atoms. The molecule has 0 aliphatic rings. The lowest BCUT2D eigenvalue weighted by Crippen LogP contribution is -2.21. The molecule has 0 aromatic heterocycles. The molecule has 84 valence electrons. The third-order valence-electron chi connectivity index (χ3n) is 2.14. The monoisotopic (exact) mass is 215 g/mol. The average molecular weight is 215 g/mol. The molecule has 0 saturated carbocycles. The van der Waals surface area contributed by atoms with Crippen molar-refractivity contribution in [2.75, 3.05) is 6.54 Å². The number of amides is 1. The number of nitrogens with one attached hydrogen (secondary N) is 1. The Hall–Kier alpha value is -1.83. The van der Waals surface area contributed by atoms with E-state index in [9.17, 15) is 4.79 Å². The fraction of sp³-hybridized carbons (Fsp3) is 0.214. The molecule has 1 aromatic rings. The first kappa shape index (κ1) is 12.2. The van der Waals surface area contributed by atoms with E-state index in [1.54, 1.807) is 0 Å². The van der Waals surface area contributed by atoms with E-state index >= 15 is 0 Å². The SMILES string of the molecule is C=CC(=O)NCCC/C=C\c1ccccc1. The van der Waals surface area contributed by atoms with Crippen molar-refractivity contribution in [3.63, 3.8) is 0 Å². The lowest BCUT2D eigenvalue weighted by molar-refractivity contribution is -0.116. The van der Waals surface area contributed by atoms with Gasteiger partial charge in [-0.2, -0.15) is 0 Å². The quantitative estimate of drug-likeness (QED) is 0.573. The van der Waals surface area contributed by atoms with Crippen LogP contribution in [0.25, 0.3) is 6.08 Å². The zero-order valence-corrected chi connectivity index (χ0v) is 9.36. The summed E-state index contributed by atoms with van der Waals surface area (Å²) in [6, 6.07) is 10.2. The van der Waals surface area contributed by atoms with E-state index in [-0.39, 0.29) is 5.91 Å². The molecule has 0 saturated heterocycles. The van der Waals surface area contributed by atoms with Gasteiger partial charge in [-0.1, -0.05) is 49.1 Å². The van der Waals surface area contributed by atoms with Crippen LogP contribution in [0.2, 0.25) is 0 Å². The summed E-state index contributed by atoms with van der Waals surface area (Å²) in [4.78, 5) is 10.8. The molecule has 0 radical (unpaired) electrons. The number of benzene rings is 1. The Morgan fingerprint density at radius 1 is 1.31 bits per heavy atom. The first-order chi connectivity index (χ1) is 7.83. The molecule has 0 aliphatic carbocycles. The van der Waals surface area contributed by atoms with E-state index < -0.39 is 0 Å². The van der Waals surface area contributed by atoms with Gasteiger partial charge in [0.25, 0.3) is 0 Å². The van der Waals surface area contributed by atoms with E-state index in [1.165, 1.54) is 11.6 Å². The molecular formula is C14H17NO. The Morgan fingerprint density at radius 3 is 2.75 bits per heavy atom. The highest BCUT2D eigenvalue weighted by Gasteiger charge is 1.90. The van der Waals surface area contributed by atoms with Gasteiger partial charge in [0, 0.05) is 6.54 Å². The van der Waals surface area contributed by atoms with E-state index in [1.807, 2.05) is 18.2 Å². The Morgan fingerprint density at radius 2 is 2.06 bits per heavy atom. The summed E-state index contributed by atoms with van der Waals surface area (Å²) in [5, 5.41) is 2.74. The third-order valence-corrected chi connectivity index (χ3v) is 2.14. The lowest BCUT2D eigenvalue weighted by Gasteiger charge is -1.98. The van der Waals surface area contributed by atoms with Crippen LogP contribution in [0, 0.1) is 0 Å². The Bertz CT molecular complexity index is 354. The molecular weight excluding hydrogens is 198 g/mol. The van der Waals surface area contributed by atoms with Gasteiger partial charge < -0.3 is 5.32 Å². The zero-order valence-electron chi connectivity index (χ0n) is 9.36. The second kappa shape index (κ2) is 7.46. The van der Waals surface area contributed by atoms with E-state index in [4.69, 9.17) is 0 Å². The standard InChI is InChI=1S/C14H17NO/c1-2-14(16)15-12-8-4-7-11-13-9-5-3-6-10-13/h2-3,5-7,9-11H,1,4,8,12H2,(H,15,16)/b11-7-. The smallest absolute Gasteiger partial charge is 0.243 e. The van der Waals surface area contributed by atoms with Gasteiger partial charge >= 0.3 is 0 Å². The lowest BCUT2D eigenvalue weighted by atomic mass is 10.2. The minimum absolute atomic E-state index is 0.105. The predicted octanol–water partition coefficient (Wildman–Crippen LogP) is 2.78. The maximum Gasteiger partial charge on any atom is 0.243 e. The van der Waals surface area contributed by atoms with Crippen LogP contribution in [0.3, 0.4) is 0 Å². The van der Waals surface area contributed by atoms with Crippen molar-refractivity contribution in [2.45, 2.75) is 12.8 Å². The molecule has 1 amide bonds. The summed E-state index contributed by atoms with van der Waals surface area (Å²) in [7, 11) is 0. The van der Waals surface area contributed by atoms with Gasteiger partial charge in [0.05, 0.1) is 0 Å². The number of carbonyl (C=O) groups excluding carboxylic acids is 1. The second-order valence-electron chi connectivity index (χ2n) is 3.45. The summed E-state index contributed by atoms with van der Waals surface area (Å²) in [5.41, 5.74) is 1.21. The van der Waals surface area contributed by atoms with Crippen LogP contribution in [0.1, 0.15) is 18.4 Å². The van der Waals surface area contributed by atoms with Crippen LogP contribution >= 0.6 is 0 Å². The summed E-state index contributed by atoms with van der Waals surface area (Å²) in [6.07, 6.45) is 7.42. The van der Waals surface area contributed by atoms with E-state index in [0.717, 1.165) is 12.8 Å². The maximum absolute atomic E-state index is 10.8. The molecule has 0 unspecified atom stereocenters. The van der Waals surface area contributed by atoms with Crippen molar-refractivity contribution in [3.8, 4) is 0 Å². The first-order valence-corrected chi connectivity index (χ1v) is 5.45. The molecule has 0 heterocycles. The highest BCUT2D eigenvalue weighted by molar-refractivity contribution is 5.86. The number of allylic oxidation sites excluding steroid dienone is 1. The topological polar surface area (TPSA) is 29.1 Å². The van der Waals surface area contributed by atoms with E-state index in [2.05, 4.69) is 36.2 Å². The number of hydrogen-bond acceptors (Lipinski definition) is 1. The molecule has 1 rings (SSSR count). The van der Waals surface area contributed by atoms with Gasteiger partial charge in [-0.25, -0.2) is 0 Å². The van der Waals surface area contributed by atoms with Gasteiger partial charge in [0.15, 0.2) is 0 Å². The highest BCUT2D eigenvalue weighted by atomic mass is 16.1. The average Bonchev–Trinajstić information content (AvgIpc) is 2.34. The van der Waals surface area contributed by atoms with Crippen LogP contribution in [0.5, 0.6) is 0 Å². The second-order valence-corrected chi connectivity index (χ2v) is 3.45. The Kier molecular flexibility index (Phi) is 5.71. The number of rotatable bonds is 6. The minimum Gasteiger partial charge on any atom is -0.353 e. The van der Waals surface area contributed by atoms with Crippen molar-refractivity contribution in [1.29, 1.82) is 0 Å². The van der Waals surface area contributed by atoms with Crippen LogP contribution in [-0.4, -0.2) is 12.5 Å². The molecule has 0 fully saturated rings. The largest absolute Gasteiger partial charge is 0.353 e. The van der Waals surface area contributed by atoms with Crippen LogP contribution in [0.4, 0.5) is 0 Å². The number of carbonyl (C=O) groups is 1. The highest BCUT2D eigenvalue weighted by Crippen LogP contribution is 2.02. The number of hydrogen-bond donors (Lipinski definition) is 1. The first-order valence-electron chi connectivity index (χ1n) is 5.45. The molecule has 1 aromatic carbocycles. The molecule has 1 N–H and O–H groups in total. The van der Waals surface area contributed by atoms with Crippen molar-refractivity contribution in [1.82, 2.24) is 5.32 Å². The fourth-order valence-corrected chi connectivity index (χ4v) is 1.29. The summed E-state index contributed by atoms with van der Waals surface area (Å²) in [5.74, 6) is -0.105. The van der Waals surface area contributed by atoms with Crippen LogP contribution < -0.4 is 5.32 Å². The van der Waals surface area contributed by atoms with E-state index in [0.29, 0.717) is 6.54 Å². The molecule has 2 nitrogen and oxygen atoms in total.